The molecule has 0 saturated heterocycles. The lowest BCUT2D eigenvalue weighted by Crippen LogP contribution is -2.25. The van der Waals surface area contributed by atoms with E-state index in [9.17, 15) is 4.79 Å². The number of carbonyl (C=O) groups excluding carboxylic acids is 1. The smallest absolute Gasteiger partial charge is 0.262 e. The lowest BCUT2D eigenvalue weighted by Gasteiger charge is -2.21. The summed E-state index contributed by atoms with van der Waals surface area (Å²) in [6.07, 6.45) is 0. The summed E-state index contributed by atoms with van der Waals surface area (Å²) in [6.45, 7) is 2.16. The van der Waals surface area contributed by atoms with E-state index in [1.165, 1.54) is 0 Å². The van der Waals surface area contributed by atoms with Gasteiger partial charge in [-0.15, -0.1) is 0 Å². The standard InChI is InChI=1S/C16H15BrN2O2/c1-10(18-13-5-3-12(17)4-6-13)11-2-7-15-14(8-11)19-16(20)9-21-15/h2-8,10,18H,9H2,1H3,(H,19,20). The maximum atomic E-state index is 11.4. The van der Waals surface area contributed by atoms with Crippen molar-refractivity contribution >= 4 is 33.2 Å². The molecule has 3 rings (SSSR count). The summed E-state index contributed by atoms with van der Waals surface area (Å²) in [5, 5.41) is 6.26. The highest BCUT2D eigenvalue weighted by molar-refractivity contribution is 9.10. The Morgan fingerprint density at radius 1 is 1.24 bits per heavy atom. The zero-order valence-electron chi connectivity index (χ0n) is 11.5. The van der Waals surface area contributed by atoms with Crippen molar-refractivity contribution in [3.05, 3.63) is 52.5 Å². The van der Waals surface area contributed by atoms with Gasteiger partial charge in [0.1, 0.15) is 5.75 Å². The molecule has 21 heavy (non-hydrogen) atoms. The van der Waals surface area contributed by atoms with Gasteiger partial charge in [0, 0.05) is 16.2 Å². The number of carbonyl (C=O) groups is 1. The molecule has 2 N–H and O–H groups in total. The Bertz CT molecular complexity index is 670. The normalized spacial score (nSPS) is 14.7. The van der Waals surface area contributed by atoms with E-state index < -0.39 is 0 Å². The molecule has 0 spiro atoms. The van der Waals surface area contributed by atoms with Crippen LogP contribution in [0.25, 0.3) is 0 Å². The largest absolute Gasteiger partial charge is 0.482 e. The van der Waals surface area contributed by atoms with Gasteiger partial charge in [0.05, 0.1) is 5.69 Å². The van der Waals surface area contributed by atoms with E-state index in [0.717, 1.165) is 21.4 Å². The molecule has 2 aromatic carbocycles. The van der Waals surface area contributed by atoms with Gasteiger partial charge < -0.3 is 15.4 Å². The van der Waals surface area contributed by atoms with Crippen LogP contribution in [0, 0.1) is 0 Å². The van der Waals surface area contributed by atoms with Gasteiger partial charge >= 0.3 is 0 Å². The van der Waals surface area contributed by atoms with Crippen LogP contribution in [0.2, 0.25) is 0 Å². The molecule has 4 nitrogen and oxygen atoms in total. The van der Waals surface area contributed by atoms with E-state index in [1.54, 1.807) is 0 Å². The molecule has 0 fully saturated rings. The molecule has 0 saturated carbocycles. The Balaban J connectivity index is 1.78. The second-order valence-corrected chi connectivity index (χ2v) is 5.88. The Hall–Kier alpha value is -2.01. The Morgan fingerprint density at radius 3 is 2.76 bits per heavy atom. The molecule has 0 aromatic heterocycles. The summed E-state index contributed by atoms with van der Waals surface area (Å²) in [5.74, 6) is 0.599. The molecule has 1 aliphatic rings. The van der Waals surface area contributed by atoms with Crippen LogP contribution in [-0.4, -0.2) is 12.5 Å². The van der Waals surface area contributed by atoms with Crippen molar-refractivity contribution in [1.82, 2.24) is 0 Å². The summed E-state index contributed by atoms with van der Waals surface area (Å²) in [7, 11) is 0. The number of nitrogens with one attached hydrogen (secondary N) is 2. The van der Waals surface area contributed by atoms with Crippen LogP contribution in [-0.2, 0) is 4.79 Å². The minimum atomic E-state index is -0.117. The van der Waals surface area contributed by atoms with E-state index in [1.807, 2.05) is 42.5 Å². The highest BCUT2D eigenvalue weighted by atomic mass is 79.9. The molecule has 1 unspecified atom stereocenters. The third kappa shape index (κ3) is 3.19. The van der Waals surface area contributed by atoms with Gasteiger partial charge in [-0.1, -0.05) is 22.0 Å². The van der Waals surface area contributed by atoms with Crippen LogP contribution in [0.5, 0.6) is 5.75 Å². The third-order valence-corrected chi connectivity index (χ3v) is 3.89. The molecular formula is C16H15BrN2O2. The minimum absolute atomic E-state index is 0.0824. The Morgan fingerprint density at radius 2 is 2.00 bits per heavy atom. The SMILES string of the molecule is CC(Nc1ccc(Br)cc1)c1ccc2c(c1)NC(=O)CO2. The van der Waals surface area contributed by atoms with Gasteiger partial charge in [-0.2, -0.15) is 0 Å². The number of ether oxygens (including phenoxy) is 1. The summed E-state index contributed by atoms with van der Waals surface area (Å²) in [6, 6.07) is 14.0. The molecule has 5 heteroatoms. The van der Waals surface area contributed by atoms with Gasteiger partial charge in [-0.3, -0.25) is 4.79 Å². The van der Waals surface area contributed by atoms with Gasteiger partial charge in [-0.25, -0.2) is 0 Å². The van der Waals surface area contributed by atoms with Crippen molar-refractivity contribution < 1.29 is 9.53 Å². The zero-order valence-corrected chi connectivity index (χ0v) is 13.1. The van der Waals surface area contributed by atoms with Gasteiger partial charge in [0.25, 0.3) is 5.91 Å². The van der Waals surface area contributed by atoms with Crippen LogP contribution in [0.1, 0.15) is 18.5 Å². The number of anilines is 2. The number of rotatable bonds is 3. The maximum Gasteiger partial charge on any atom is 0.262 e. The number of benzene rings is 2. The molecule has 108 valence electrons. The summed E-state index contributed by atoms with van der Waals surface area (Å²) >= 11 is 3.42. The number of hydrogen-bond donors (Lipinski definition) is 2. The Labute approximate surface area is 131 Å². The van der Waals surface area contributed by atoms with Crippen molar-refractivity contribution in [2.75, 3.05) is 17.2 Å². The van der Waals surface area contributed by atoms with Gasteiger partial charge in [0.15, 0.2) is 6.61 Å². The Kier molecular flexibility index (Phi) is 3.84. The highest BCUT2D eigenvalue weighted by Gasteiger charge is 2.17. The van der Waals surface area contributed by atoms with Crippen LogP contribution < -0.4 is 15.4 Å². The molecule has 1 atom stereocenters. The van der Waals surface area contributed by atoms with Crippen LogP contribution in [0.15, 0.2) is 46.9 Å². The molecule has 1 aliphatic heterocycles. The monoisotopic (exact) mass is 346 g/mol. The van der Waals surface area contributed by atoms with Crippen molar-refractivity contribution in [1.29, 1.82) is 0 Å². The van der Waals surface area contributed by atoms with E-state index >= 15 is 0 Å². The average Bonchev–Trinajstić information content (AvgIpc) is 2.48. The fourth-order valence-electron chi connectivity index (χ4n) is 2.25. The summed E-state index contributed by atoms with van der Waals surface area (Å²) in [5.41, 5.74) is 2.86. The highest BCUT2D eigenvalue weighted by Crippen LogP contribution is 2.31. The van der Waals surface area contributed by atoms with Crippen molar-refractivity contribution in [3.8, 4) is 5.75 Å². The van der Waals surface area contributed by atoms with Crippen LogP contribution >= 0.6 is 15.9 Å². The van der Waals surface area contributed by atoms with E-state index in [0.29, 0.717) is 5.75 Å². The van der Waals surface area contributed by atoms with Gasteiger partial charge in [0.2, 0.25) is 0 Å². The topological polar surface area (TPSA) is 50.4 Å². The molecule has 0 bridgehead atoms. The van der Waals surface area contributed by atoms with Crippen molar-refractivity contribution in [2.24, 2.45) is 0 Å². The first-order valence-corrected chi connectivity index (χ1v) is 7.50. The van der Waals surface area contributed by atoms with Crippen LogP contribution in [0.4, 0.5) is 11.4 Å². The van der Waals surface area contributed by atoms with Crippen molar-refractivity contribution in [2.45, 2.75) is 13.0 Å². The lowest BCUT2D eigenvalue weighted by atomic mass is 10.1. The van der Waals surface area contributed by atoms with E-state index in [2.05, 4.69) is 33.5 Å². The second kappa shape index (κ2) is 5.77. The minimum Gasteiger partial charge on any atom is -0.482 e. The lowest BCUT2D eigenvalue weighted by molar-refractivity contribution is -0.118. The van der Waals surface area contributed by atoms with Crippen LogP contribution in [0.3, 0.4) is 0 Å². The maximum absolute atomic E-state index is 11.4. The van der Waals surface area contributed by atoms with Gasteiger partial charge in [-0.05, 0) is 48.9 Å². The predicted molar refractivity (Wildman–Crippen MR) is 86.7 cm³/mol. The number of hydrogen-bond acceptors (Lipinski definition) is 3. The summed E-state index contributed by atoms with van der Waals surface area (Å²) < 4.78 is 6.41. The first-order chi connectivity index (χ1) is 10.1. The first-order valence-electron chi connectivity index (χ1n) is 6.70. The molecule has 2 aromatic rings. The second-order valence-electron chi connectivity index (χ2n) is 4.97. The fraction of sp³-hybridized carbons (Fsp3) is 0.188. The zero-order chi connectivity index (χ0) is 14.8. The fourth-order valence-corrected chi connectivity index (χ4v) is 2.51. The molecular weight excluding hydrogens is 332 g/mol. The third-order valence-electron chi connectivity index (χ3n) is 3.36. The molecule has 0 radical (unpaired) electrons. The number of amides is 1. The molecule has 0 aliphatic carbocycles. The first kappa shape index (κ1) is 13.9. The van der Waals surface area contributed by atoms with E-state index in [-0.39, 0.29) is 18.6 Å². The summed E-state index contributed by atoms with van der Waals surface area (Å²) in [4.78, 5) is 11.4. The average molecular weight is 347 g/mol. The van der Waals surface area contributed by atoms with Crippen molar-refractivity contribution in [3.63, 3.8) is 0 Å². The molecule has 1 amide bonds. The predicted octanol–water partition coefficient (Wildman–Crippen LogP) is 3.95. The number of fused-ring (bicyclic) bond motifs is 1. The van der Waals surface area contributed by atoms with E-state index in [4.69, 9.17) is 4.74 Å². The quantitative estimate of drug-likeness (QED) is 0.884. The molecule has 1 heterocycles. The number of halogens is 1.